The summed E-state index contributed by atoms with van der Waals surface area (Å²) in [6.07, 6.45) is 6.43. The van der Waals surface area contributed by atoms with Crippen LogP contribution in [0, 0.1) is 0 Å². The summed E-state index contributed by atoms with van der Waals surface area (Å²) in [5, 5.41) is 2.81. The van der Waals surface area contributed by atoms with Crippen molar-refractivity contribution in [1.29, 1.82) is 0 Å². The van der Waals surface area contributed by atoms with Gasteiger partial charge in [0.15, 0.2) is 6.61 Å². The third-order valence-electron chi connectivity index (χ3n) is 5.47. The van der Waals surface area contributed by atoms with E-state index in [2.05, 4.69) is 17.1 Å². The van der Waals surface area contributed by atoms with E-state index in [4.69, 9.17) is 9.72 Å². The monoisotopic (exact) mass is 428 g/mol. The number of carbonyl (C=O) groups is 2. The number of benzene rings is 1. The fourth-order valence-electron chi connectivity index (χ4n) is 4.04. The van der Waals surface area contributed by atoms with E-state index in [1.807, 2.05) is 35.7 Å². The van der Waals surface area contributed by atoms with Crippen LogP contribution in [0.25, 0.3) is 22.6 Å². The number of allylic oxidation sites excluding steroid dienone is 1. The predicted octanol–water partition coefficient (Wildman–Crippen LogP) is 5.54. The standard InChI is InChI=1S/C25H20N2O3S/c28-22(21-11-4-12-26-21)15-30-25(29)23-18-8-1-2-10-20(18)27-24-16(6-3-9-19(23)24)14-17-7-5-13-31-17/h1-2,4-5,7-8,10-14,26H,3,6,9,15H2. The zero-order valence-electron chi connectivity index (χ0n) is 16.8. The normalized spacial score (nSPS) is 14.5. The molecule has 0 saturated carbocycles. The van der Waals surface area contributed by atoms with E-state index in [0.717, 1.165) is 47.0 Å². The predicted molar refractivity (Wildman–Crippen MR) is 122 cm³/mol. The lowest BCUT2D eigenvalue weighted by Crippen LogP contribution is -2.18. The highest BCUT2D eigenvalue weighted by molar-refractivity contribution is 7.10. The summed E-state index contributed by atoms with van der Waals surface area (Å²) in [4.78, 5) is 34.4. The van der Waals surface area contributed by atoms with Gasteiger partial charge in [0.25, 0.3) is 0 Å². The summed E-state index contributed by atoms with van der Waals surface area (Å²) < 4.78 is 5.48. The zero-order valence-corrected chi connectivity index (χ0v) is 17.6. The summed E-state index contributed by atoms with van der Waals surface area (Å²) in [5.74, 6) is -0.740. The number of Topliss-reactive ketones (excluding diaryl/α,β-unsaturated/α-hetero) is 1. The van der Waals surface area contributed by atoms with Crippen LogP contribution in [0.15, 0.2) is 60.1 Å². The average Bonchev–Trinajstić information content (AvgIpc) is 3.50. The number of hydrogen-bond donors (Lipinski definition) is 1. The van der Waals surface area contributed by atoms with Crippen LogP contribution in [0.2, 0.25) is 0 Å². The van der Waals surface area contributed by atoms with Gasteiger partial charge in [-0.25, -0.2) is 9.78 Å². The Balaban J connectivity index is 1.55. The van der Waals surface area contributed by atoms with Crippen molar-refractivity contribution in [2.45, 2.75) is 19.3 Å². The molecule has 0 unspecified atom stereocenters. The van der Waals surface area contributed by atoms with Gasteiger partial charge in [-0.05, 0) is 66.1 Å². The van der Waals surface area contributed by atoms with E-state index in [9.17, 15) is 9.59 Å². The molecule has 4 aromatic rings. The van der Waals surface area contributed by atoms with Crippen molar-refractivity contribution < 1.29 is 14.3 Å². The maximum Gasteiger partial charge on any atom is 0.339 e. The zero-order chi connectivity index (χ0) is 21.2. The second kappa shape index (κ2) is 8.32. The van der Waals surface area contributed by atoms with Crippen LogP contribution in [-0.2, 0) is 11.2 Å². The molecule has 0 aliphatic heterocycles. The number of esters is 1. The van der Waals surface area contributed by atoms with Gasteiger partial charge in [-0.2, -0.15) is 0 Å². The summed E-state index contributed by atoms with van der Waals surface area (Å²) in [5.41, 5.74) is 4.60. The highest BCUT2D eigenvalue weighted by atomic mass is 32.1. The van der Waals surface area contributed by atoms with E-state index in [1.54, 1.807) is 29.7 Å². The van der Waals surface area contributed by atoms with Gasteiger partial charge in [-0.3, -0.25) is 4.79 Å². The van der Waals surface area contributed by atoms with Crippen molar-refractivity contribution >= 4 is 45.6 Å². The van der Waals surface area contributed by atoms with Gasteiger partial charge in [-0.1, -0.05) is 24.3 Å². The maximum atomic E-state index is 13.2. The molecule has 0 atom stereocenters. The Labute approximate surface area is 183 Å². The maximum absolute atomic E-state index is 13.2. The second-order valence-corrected chi connectivity index (χ2v) is 8.43. The number of pyridine rings is 1. The number of aromatic amines is 1. The topological polar surface area (TPSA) is 72.1 Å². The van der Waals surface area contributed by atoms with E-state index >= 15 is 0 Å². The van der Waals surface area contributed by atoms with Crippen LogP contribution in [0.5, 0.6) is 0 Å². The first-order valence-corrected chi connectivity index (χ1v) is 11.1. The SMILES string of the molecule is O=C(COC(=O)c1c2c(nc3ccccc13)C(=Cc1cccs1)CCC2)c1ccc[nH]1. The van der Waals surface area contributed by atoms with Crippen LogP contribution in [0.4, 0.5) is 0 Å². The molecule has 5 nitrogen and oxygen atoms in total. The lowest BCUT2D eigenvalue weighted by Gasteiger charge is -2.22. The minimum absolute atomic E-state index is 0.260. The molecule has 5 rings (SSSR count). The van der Waals surface area contributed by atoms with Gasteiger partial charge in [0.2, 0.25) is 5.78 Å². The number of ketones is 1. The Morgan fingerprint density at radius 2 is 2.00 bits per heavy atom. The van der Waals surface area contributed by atoms with Gasteiger partial charge in [-0.15, -0.1) is 11.3 Å². The Hall–Kier alpha value is -3.51. The molecule has 0 spiro atoms. The average molecular weight is 429 g/mol. The van der Waals surface area contributed by atoms with Crippen LogP contribution in [0.3, 0.4) is 0 Å². The fraction of sp³-hybridized carbons (Fsp3) is 0.160. The smallest absolute Gasteiger partial charge is 0.339 e. The number of fused-ring (bicyclic) bond motifs is 2. The van der Waals surface area contributed by atoms with Crippen molar-refractivity contribution in [3.05, 3.63) is 87.5 Å². The summed E-state index contributed by atoms with van der Waals surface area (Å²) >= 11 is 1.68. The number of rotatable bonds is 5. The molecular formula is C25H20N2O3S. The van der Waals surface area contributed by atoms with E-state index in [-0.39, 0.29) is 12.4 Å². The Kier molecular flexibility index (Phi) is 5.22. The molecule has 0 fully saturated rings. The first-order chi connectivity index (χ1) is 15.2. The highest BCUT2D eigenvalue weighted by Crippen LogP contribution is 2.36. The molecule has 1 aliphatic rings. The van der Waals surface area contributed by atoms with Crippen molar-refractivity contribution in [3.8, 4) is 0 Å². The molecule has 0 amide bonds. The van der Waals surface area contributed by atoms with Gasteiger partial charge in [0.1, 0.15) is 0 Å². The number of ether oxygens (including phenoxy) is 1. The largest absolute Gasteiger partial charge is 0.454 e. The van der Waals surface area contributed by atoms with Crippen molar-refractivity contribution in [2.75, 3.05) is 6.61 Å². The van der Waals surface area contributed by atoms with Gasteiger partial charge in [0, 0.05) is 16.5 Å². The van der Waals surface area contributed by atoms with Crippen LogP contribution in [-0.4, -0.2) is 28.3 Å². The molecule has 3 aromatic heterocycles. The lowest BCUT2D eigenvalue weighted by molar-refractivity contribution is 0.0474. The first kappa shape index (κ1) is 19.5. The molecule has 31 heavy (non-hydrogen) atoms. The number of para-hydroxylation sites is 1. The summed E-state index contributed by atoms with van der Waals surface area (Å²) in [6, 6.07) is 15.1. The third kappa shape index (κ3) is 3.82. The minimum atomic E-state index is -0.480. The number of carbonyl (C=O) groups excluding carboxylic acids is 2. The Morgan fingerprint density at radius 3 is 2.81 bits per heavy atom. The van der Waals surface area contributed by atoms with Gasteiger partial charge in [0.05, 0.1) is 22.5 Å². The van der Waals surface area contributed by atoms with Gasteiger partial charge < -0.3 is 9.72 Å². The molecule has 0 saturated heterocycles. The van der Waals surface area contributed by atoms with Crippen molar-refractivity contribution in [3.63, 3.8) is 0 Å². The lowest BCUT2D eigenvalue weighted by atomic mass is 9.86. The highest BCUT2D eigenvalue weighted by Gasteiger charge is 2.26. The van der Waals surface area contributed by atoms with Crippen LogP contribution in [0.1, 0.15) is 49.8 Å². The number of hydrogen-bond acceptors (Lipinski definition) is 5. The Morgan fingerprint density at radius 1 is 1.10 bits per heavy atom. The third-order valence-corrected chi connectivity index (χ3v) is 6.29. The van der Waals surface area contributed by atoms with Gasteiger partial charge >= 0.3 is 5.97 Å². The number of aromatic nitrogens is 2. The van der Waals surface area contributed by atoms with E-state index < -0.39 is 5.97 Å². The fourth-order valence-corrected chi connectivity index (χ4v) is 4.72. The van der Waals surface area contributed by atoms with Crippen molar-refractivity contribution in [1.82, 2.24) is 9.97 Å². The van der Waals surface area contributed by atoms with Crippen molar-refractivity contribution in [2.24, 2.45) is 0 Å². The number of thiophene rings is 1. The van der Waals surface area contributed by atoms with Crippen LogP contribution < -0.4 is 0 Å². The van der Waals surface area contributed by atoms with E-state index in [1.165, 1.54) is 4.88 Å². The molecular weight excluding hydrogens is 408 g/mol. The molecule has 1 N–H and O–H groups in total. The molecule has 6 heteroatoms. The second-order valence-electron chi connectivity index (χ2n) is 7.45. The molecule has 3 heterocycles. The molecule has 0 radical (unpaired) electrons. The number of H-pyrrole nitrogens is 1. The van der Waals surface area contributed by atoms with E-state index in [0.29, 0.717) is 11.3 Å². The molecule has 1 aromatic carbocycles. The van der Waals surface area contributed by atoms with Crippen LogP contribution >= 0.6 is 11.3 Å². The summed E-state index contributed by atoms with van der Waals surface area (Å²) in [6.45, 7) is -0.303. The number of nitrogens with zero attached hydrogens (tertiary/aromatic N) is 1. The quantitative estimate of drug-likeness (QED) is 0.335. The molecule has 154 valence electrons. The molecule has 1 aliphatic carbocycles. The minimum Gasteiger partial charge on any atom is -0.454 e. The first-order valence-electron chi connectivity index (χ1n) is 10.2. The Bertz CT molecular complexity index is 1290. The number of nitrogens with one attached hydrogen (secondary N) is 1. The summed E-state index contributed by atoms with van der Waals surface area (Å²) in [7, 11) is 0. The molecule has 0 bridgehead atoms.